The van der Waals surface area contributed by atoms with Gasteiger partial charge in [-0.3, -0.25) is 4.79 Å². The van der Waals surface area contributed by atoms with Gasteiger partial charge in [-0.15, -0.1) is 0 Å². The lowest BCUT2D eigenvalue weighted by molar-refractivity contribution is -0.118. The number of benzene rings is 1. The molecule has 0 saturated heterocycles. The van der Waals surface area contributed by atoms with E-state index in [1.165, 1.54) is 0 Å². The maximum absolute atomic E-state index is 11.7. The molecule has 112 valence electrons. The van der Waals surface area contributed by atoms with Crippen molar-refractivity contribution in [2.75, 3.05) is 5.32 Å². The minimum Gasteiger partial charge on any atom is -0.491 e. The van der Waals surface area contributed by atoms with Gasteiger partial charge in [0.25, 0.3) is 0 Å². The van der Waals surface area contributed by atoms with E-state index in [9.17, 15) is 4.79 Å². The van der Waals surface area contributed by atoms with Gasteiger partial charge in [-0.2, -0.15) is 0 Å². The topological polar surface area (TPSA) is 77.2 Å². The molecule has 1 amide bonds. The van der Waals surface area contributed by atoms with Gasteiger partial charge in [-0.25, -0.2) is 4.63 Å². The average Bonchev–Trinajstić information content (AvgIpc) is 2.87. The number of nitrogens with zero attached hydrogens (tertiary/aromatic N) is 2. The van der Waals surface area contributed by atoms with Crippen molar-refractivity contribution in [1.82, 2.24) is 10.3 Å². The molecule has 1 heterocycles. The van der Waals surface area contributed by atoms with Crippen molar-refractivity contribution in [2.45, 2.75) is 33.8 Å². The first-order chi connectivity index (χ1) is 9.97. The van der Waals surface area contributed by atoms with E-state index in [1.807, 2.05) is 38.1 Å². The quantitative estimate of drug-likeness (QED) is 0.915. The van der Waals surface area contributed by atoms with Crippen LogP contribution in [0.1, 0.15) is 27.7 Å². The van der Waals surface area contributed by atoms with Crippen molar-refractivity contribution in [2.24, 2.45) is 5.92 Å². The van der Waals surface area contributed by atoms with Crippen LogP contribution in [-0.4, -0.2) is 22.3 Å². The molecule has 0 aliphatic heterocycles. The van der Waals surface area contributed by atoms with Gasteiger partial charge in [-0.05, 0) is 48.4 Å². The Bertz CT molecular complexity index is 603. The number of nitrogens with one attached hydrogen (secondary N) is 1. The Morgan fingerprint density at radius 3 is 2.38 bits per heavy atom. The van der Waals surface area contributed by atoms with Gasteiger partial charge >= 0.3 is 0 Å². The van der Waals surface area contributed by atoms with Crippen LogP contribution in [0.4, 0.5) is 5.82 Å². The summed E-state index contributed by atoms with van der Waals surface area (Å²) in [6.07, 6.45) is 0.116. The Hall–Kier alpha value is -2.37. The van der Waals surface area contributed by atoms with E-state index < -0.39 is 0 Å². The number of hydrogen-bond donors (Lipinski definition) is 1. The highest BCUT2D eigenvalue weighted by atomic mass is 16.6. The van der Waals surface area contributed by atoms with Crippen molar-refractivity contribution in [3.05, 3.63) is 24.3 Å². The number of carbonyl (C=O) groups is 1. The molecule has 0 unspecified atom stereocenters. The molecule has 2 aromatic rings. The normalized spacial score (nSPS) is 11.0. The highest BCUT2D eigenvalue weighted by Crippen LogP contribution is 2.26. The first kappa shape index (κ1) is 15.0. The second kappa shape index (κ2) is 6.39. The zero-order valence-electron chi connectivity index (χ0n) is 12.6. The van der Waals surface area contributed by atoms with Crippen molar-refractivity contribution < 1.29 is 14.2 Å². The van der Waals surface area contributed by atoms with E-state index in [4.69, 9.17) is 9.37 Å². The van der Waals surface area contributed by atoms with E-state index in [0.717, 1.165) is 11.3 Å². The number of carbonyl (C=O) groups excluding carboxylic acids is 1. The third-order valence-corrected chi connectivity index (χ3v) is 2.75. The number of anilines is 1. The predicted molar refractivity (Wildman–Crippen MR) is 79.0 cm³/mol. The van der Waals surface area contributed by atoms with Crippen LogP contribution in [0.25, 0.3) is 11.3 Å². The molecule has 0 aliphatic rings. The van der Waals surface area contributed by atoms with Crippen LogP contribution in [0.3, 0.4) is 0 Å². The summed E-state index contributed by atoms with van der Waals surface area (Å²) < 4.78 is 10.3. The second-order valence-electron chi connectivity index (χ2n) is 5.30. The van der Waals surface area contributed by atoms with Crippen LogP contribution in [0.2, 0.25) is 0 Å². The molecule has 1 N–H and O–H groups in total. The second-order valence-corrected chi connectivity index (χ2v) is 5.30. The van der Waals surface area contributed by atoms with Crippen LogP contribution in [-0.2, 0) is 4.79 Å². The number of amides is 1. The molecule has 0 spiro atoms. The summed E-state index contributed by atoms with van der Waals surface area (Å²) in [6.45, 7) is 7.55. The maximum Gasteiger partial charge on any atom is 0.228 e. The van der Waals surface area contributed by atoms with Gasteiger partial charge in [-0.1, -0.05) is 13.8 Å². The Labute approximate surface area is 123 Å². The molecule has 0 fully saturated rings. The molecule has 0 atom stereocenters. The van der Waals surface area contributed by atoms with Gasteiger partial charge in [0.15, 0.2) is 5.69 Å². The molecule has 1 aromatic heterocycles. The molecular weight excluding hydrogens is 270 g/mol. The fourth-order valence-corrected chi connectivity index (χ4v) is 1.68. The third-order valence-electron chi connectivity index (χ3n) is 2.75. The number of ether oxygens (including phenoxy) is 1. The lowest BCUT2D eigenvalue weighted by Gasteiger charge is -2.10. The molecule has 0 saturated carbocycles. The van der Waals surface area contributed by atoms with E-state index in [2.05, 4.69) is 15.6 Å². The lowest BCUT2D eigenvalue weighted by atomic mass is 10.1. The minimum atomic E-state index is -0.142. The number of hydrogen-bond acceptors (Lipinski definition) is 5. The molecule has 6 nitrogen and oxygen atoms in total. The summed E-state index contributed by atoms with van der Waals surface area (Å²) in [4.78, 5) is 11.7. The van der Waals surface area contributed by atoms with Crippen molar-refractivity contribution in [3.63, 3.8) is 0 Å². The van der Waals surface area contributed by atoms with E-state index in [0.29, 0.717) is 11.5 Å². The summed E-state index contributed by atoms with van der Waals surface area (Å²) in [7, 11) is 0. The number of aromatic nitrogens is 2. The van der Waals surface area contributed by atoms with Crippen molar-refractivity contribution in [1.29, 1.82) is 0 Å². The van der Waals surface area contributed by atoms with Crippen LogP contribution in [0.15, 0.2) is 28.9 Å². The summed E-state index contributed by atoms with van der Waals surface area (Å²) in [5.41, 5.74) is 1.30. The Kier molecular flexibility index (Phi) is 4.57. The molecule has 2 rings (SSSR count). The molecule has 21 heavy (non-hydrogen) atoms. The summed E-state index contributed by atoms with van der Waals surface area (Å²) in [5.74, 6) is 0.826. The van der Waals surface area contributed by atoms with Gasteiger partial charge < -0.3 is 10.1 Å². The smallest absolute Gasteiger partial charge is 0.228 e. The SMILES string of the molecule is CC(C)Oc1ccc(-c2nonc2NC(=O)C(C)C)cc1. The Morgan fingerprint density at radius 2 is 1.81 bits per heavy atom. The fourth-order valence-electron chi connectivity index (χ4n) is 1.68. The molecule has 6 heteroatoms. The van der Waals surface area contributed by atoms with E-state index >= 15 is 0 Å². The van der Waals surface area contributed by atoms with Crippen LogP contribution < -0.4 is 10.1 Å². The monoisotopic (exact) mass is 289 g/mol. The average molecular weight is 289 g/mol. The lowest BCUT2D eigenvalue weighted by Crippen LogP contribution is -2.18. The van der Waals surface area contributed by atoms with E-state index in [1.54, 1.807) is 13.8 Å². The fraction of sp³-hybridized carbons (Fsp3) is 0.400. The van der Waals surface area contributed by atoms with E-state index in [-0.39, 0.29) is 17.9 Å². The third kappa shape index (κ3) is 3.81. The molecule has 1 aromatic carbocycles. The minimum absolute atomic E-state index is 0.116. The predicted octanol–water partition coefficient (Wildman–Crippen LogP) is 3.12. The van der Waals surface area contributed by atoms with Crippen LogP contribution in [0.5, 0.6) is 5.75 Å². The van der Waals surface area contributed by atoms with Gasteiger partial charge in [0.1, 0.15) is 5.75 Å². The zero-order valence-corrected chi connectivity index (χ0v) is 12.6. The molecule has 0 bridgehead atoms. The van der Waals surface area contributed by atoms with Gasteiger partial charge in [0.2, 0.25) is 11.7 Å². The molecule has 0 radical (unpaired) electrons. The first-order valence-electron chi connectivity index (χ1n) is 6.88. The van der Waals surface area contributed by atoms with Crippen LogP contribution >= 0.6 is 0 Å². The largest absolute Gasteiger partial charge is 0.491 e. The summed E-state index contributed by atoms with van der Waals surface area (Å²) in [5, 5.41) is 10.3. The standard InChI is InChI=1S/C15H19N3O3/c1-9(2)15(19)16-14-13(17-21-18-14)11-5-7-12(8-6-11)20-10(3)4/h5-10H,1-4H3,(H,16,18,19). The Balaban J connectivity index is 2.19. The first-order valence-corrected chi connectivity index (χ1v) is 6.88. The summed E-state index contributed by atoms with van der Waals surface area (Å²) in [6, 6.07) is 7.39. The zero-order chi connectivity index (χ0) is 15.4. The van der Waals surface area contributed by atoms with Gasteiger partial charge in [0.05, 0.1) is 6.10 Å². The highest BCUT2D eigenvalue weighted by molar-refractivity contribution is 5.94. The Morgan fingerprint density at radius 1 is 1.14 bits per heavy atom. The van der Waals surface area contributed by atoms with Crippen molar-refractivity contribution in [3.8, 4) is 17.0 Å². The highest BCUT2D eigenvalue weighted by Gasteiger charge is 2.16. The van der Waals surface area contributed by atoms with Crippen molar-refractivity contribution >= 4 is 11.7 Å². The molecule has 0 aliphatic carbocycles. The summed E-state index contributed by atoms with van der Waals surface area (Å²) >= 11 is 0. The maximum atomic E-state index is 11.7. The van der Waals surface area contributed by atoms with Crippen LogP contribution in [0, 0.1) is 5.92 Å². The number of rotatable bonds is 5. The molecular formula is C15H19N3O3. The van der Waals surface area contributed by atoms with Gasteiger partial charge in [0, 0.05) is 11.5 Å².